The highest BCUT2D eigenvalue weighted by Crippen LogP contribution is 2.27. The van der Waals surface area contributed by atoms with Crippen molar-refractivity contribution in [3.8, 4) is 0 Å². The van der Waals surface area contributed by atoms with Gasteiger partial charge in [0.2, 0.25) is 0 Å². The predicted molar refractivity (Wildman–Crippen MR) is 74.0 cm³/mol. The van der Waals surface area contributed by atoms with Gasteiger partial charge in [0.15, 0.2) is 0 Å². The van der Waals surface area contributed by atoms with Crippen molar-refractivity contribution in [3.63, 3.8) is 0 Å². The van der Waals surface area contributed by atoms with Gasteiger partial charge in [0.1, 0.15) is 5.92 Å². The Balaban J connectivity index is 2.50. The Labute approximate surface area is 116 Å². The Hall–Kier alpha value is -1.14. The molecule has 1 atom stereocenters. The summed E-state index contributed by atoms with van der Waals surface area (Å²) in [5.41, 5.74) is 6.25. The molecule has 0 aromatic heterocycles. The van der Waals surface area contributed by atoms with Crippen LogP contribution < -0.4 is 5.73 Å². The summed E-state index contributed by atoms with van der Waals surface area (Å²) in [6.07, 6.45) is -3.69. The van der Waals surface area contributed by atoms with E-state index < -0.39 is 17.1 Å². The van der Waals surface area contributed by atoms with E-state index in [-0.39, 0.29) is 6.54 Å². The van der Waals surface area contributed by atoms with E-state index in [4.69, 9.17) is 5.73 Å². The quantitative estimate of drug-likeness (QED) is 0.817. The van der Waals surface area contributed by atoms with Crippen LogP contribution in [0, 0.1) is 5.92 Å². The number of hydrogen-bond donors (Lipinski definition) is 1. The highest BCUT2D eigenvalue weighted by atomic mass is 32.1. The fraction of sp³-hybridized carbons (Fsp3) is 0.462. The first kappa shape index (κ1) is 15.9. The minimum absolute atomic E-state index is 0.203. The smallest absolute Gasteiger partial charge is 0.393 e. The zero-order chi connectivity index (χ0) is 14.5. The van der Waals surface area contributed by atoms with Gasteiger partial charge >= 0.3 is 6.18 Å². The van der Waals surface area contributed by atoms with Crippen molar-refractivity contribution in [2.24, 2.45) is 11.7 Å². The number of halogens is 3. The van der Waals surface area contributed by atoms with Crippen LogP contribution in [0.15, 0.2) is 30.3 Å². The standard InChI is InChI=1S/C13H17F3N2S/c1-18(8-7-10-5-3-2-4-6-10)9-11(12(17)19)13(14,15)16/h2-6,11H,7-9H2,1H3,(H2,17,19). The van der Waals surface area contributed by atoms with Crippen molar-refractivity contribution in [2.45, 2.75) is 12.6 Å². The third-order valence-electron chi connectivity index (χ3n) is 2.86. The zero-order valence-corrected chi connectivity index (χ0v) is 11.5. The minimum Gasteiger partial charge on any atom is -0.393 e. The Kier molecular flexibility index (Phi) is 5.75. The number of likely N-dealkylation sites (N-methyl/N-ethyl adjacent to an activating group) is 1. The molecule has 0 spiro atoms. The summed E-state index contributed by atoms with van der Waals surface area (Å²) in [5.74, 6) is -1.75. The Bertz CT molecular complexity index is 406. The molecule has 1 rings (SSSR count). The number of benzene rings is 1. The molecular weight excluding hydrogens is 273 g/mol. The molecule has 0 radical (unpaired) electrons. The van der Waals surface area contributed by atoms with Crippen molar-refractivity contribution >= 4 is 17.2 Å². The SMILES string of the molecule is CN(CCc1ccccc1)CC(C(N)=S)C(F)(F)F. The first-order chi connectivity index (χ1) is 8.80. The Morgan fingerprint density at radius 2 is 1.89 bits per heavy atom. The van der Waals surface area contributed by atoms with Crippen LogP contribution >= 0.6 is 12.2 Å². The maximum atomic E-state index is 12.7. The second-order valence-electron chi connectivity index (χ2n) is 4.49. The largest absolute Gasteiger partial charge is 0.399 e. The lowest BCUT2D eigenvalue weighted by Crippen LogP contribution is -2.42. The number of alkyl halides is 3. The first-order valence-electron chi connectivity index (χ1n) is 5.89. The van der Waals surface area contributed by atoms with Crippen molar-refractivity contribution in [1.29, 1.82) is 0 Å². The molecule has 1 aromatic carbocycles. The van der Waals surface area contributed by atoms with Crippen molar-refractivity contribution < 1.29 is 13.2 Å². The van der Waals surface area contributed by atoms with Gasteiger partial charge < -0.3 is 10.6 Å². The molecule has 19 heavy (non-hydrogen) atoms. The highest BCUT2D eigenvalue weighted by molar-refractivity contribution is 7.80. The van der Waals surface area contributed by atoms with Crippen LogP contribution in [0.1, 0.15) is 5.56 Å². The van der Waals surface area contributed by atoms with Crippen LogP contribution in [-0.2, 0) is 6.42 Å². The molecule has 0 heterocycles. The summed E-state index contributed by atoms with van der Waals surface area (Å²) < 4.78 is 38.1. The molecule has 0 aliphatic heterocycles. The average Bonchev–Trinajstić information content (AvgIpc) is 2.33. The molecule has 0 fully saturated rings. The van der Waals surface area contributed by atoms with Crippen molar-refractivity contribution in [1.82, 2.24) is 4.90 Å². The van der Waals surface area contributed by atoms with E-state index >= 15 is 0 Å². The summed E-state index contributed by atoms with van der Waals surface area (Å²) >= 11 is 4.49. The third kappa shape index (κ3) is 5.57. The van der Waals surface area contributed by atoms with E-state index in [9.17, 15) is 13.2 Å². The number of thiocarbonyl (C=S) groups is 1. The van der Waals surface area contributed by atoms with Gasteiger partial charge in [-0.15, -0.1) is 0 Å². The molecule has 106 valence electrons. The van der Waals surface area contributed by atoms with E-state index in [1.165, 1.54) is 0 Å². The monoisotopic (exact) mass is 290 g/mol. The van der Waals surface area contributed by atoms with Crippen LogP contribution in [0.25, 0.3) is 0 Å². The van der Waals surface area contributed by atoms with Gasteiger partial charge in [0.25, 0.3) is 0 Å². The summed E-state index contributed by atoms with van der Waals surface area (Å²) in [7, 11) is 1.64. The number of nitrogens with zero attached hydrogens (tertiary/aromatic N) is 1. The molecule has 0 saturated carbocycles. The summed E-state index contributed by atoms with van der Waals surface area (Å²) in [6.45, 7) is 0.324. The molecule has 0 aliphatic carbocycles. The van der Waals surface area contributed by atoms with Crippen LogP contribution in [0.4, 0.5) is 13.2 Å². The predicted octanol–water partition coefficient (Wildman–Crippen LogP) is 2.63. The molecule has 6 heteroatoms. The molecule has 0 bridgehead atoms. The maximum absolute atomic E-state index is 12.7. The van der Waals surface area contributed by atoms with E-state index in [1.54, 1.807) is 11.9 Å². The summed E-state index contributed by atoms with van der Waals surface area (Å²) in [6, 6.07) is 9.61. The molecule has 2 N–H and O–H groups in total. The second-order valence-corrected chi connectivity index (χ2v) is 4.97. The van der Waals surface area contributed by atoms with Crippen LogP contribution in [0.2, 0.25) is 0 Å². The molecule has 0 saturated heterocycles. The fourth-order valence-electron chi connectivity index (χ4n) is 1.72. The van der Waals surface area contributed by atoms with Gasteiger partial charge in [0.05, 0.1) is 4.99 Å². The molecular formula is C13H17F3N2S. The lowest BCUT2D eigenvalue weighted by Gasteiger charge is -2.25. The zero-order valence-electron chi connectivity index (χ0n) is 10.7. The van der Waals surface area contributed by atoms with Crippen LogP contribution in [0.3, 0.4) is 0 Å². The van der Waals surface area contributed by atoms with Crippen molar-refractivity contribution in [3.05, 3.63) is 35.9 Å². The van der Waals surface area contributed by atoms with E-state index in [2.05, 4.69) is 12.2 Å². The normalized spacial score (nSPS) is 13.5. The number of rotatable bonds is 6. The molecule has 2 nitrogen and oxygen atoms in total. The third-order valence-corrected chi connectivity index (χ3v) is 3.14. The van der Waals surface area contributed by atoms with Crippen LogP contribution in [0.5, 0.6) is 0 Å². The molecule has 0 amide bonds. The van der Waals surface area contributed by atoms with Gasteiger partial charge in [-0.1, -0.05) is 42.5 Å². The van der Waals surface area contributed by atoms with E-state index in [0.717, 1.165) is 5.56 Å². The highest BCUT2D eigenvalue weighted by Gasteiger charge is 2.42. The molecule has 1 aromatic rings. The number of nitrogens with two attached hydrogens (primary N) is 1. The Morgan fingerprint density at radius 3 is 2.37 bits per heavy atom. The molecule has 0 aliphatic rings. The minimum atomic E-state index is -4.38. The summed E-state index contributed by atoms with van der Waals surface area (Å²) in [4.78, 5) is 1.10. The number of hydrogen-bond acceptors (Lipinski definition) is 2. The second kappa shape index (κ2) is 6.86. The Morgan fingerprint density at radius 1 is 1.32 bits per heavy atom. The summed E-state index contributed by atoms with van der Waals surface area (Å²) in [5, 5.41) is 0. The average molecular weight is 290 g/mol. The van der Waals surface area contributed by atoms with E-state index in [0.29, 0.717) is 13.0 Å². The first-order valence-corrected chi connectivity index (χ1v) is 6.30. The topological polar surface area (TPSA) is 29.3 Å². The van der Waals surface area contributed by atoms with Gasteiger partial charge in [-0.3, -0.25) is 0 Å². The van der Waals surface area contributed by atoms with Gasteiger partial charge in [-0.2, -0.15) is 13.2 Å². The van der Waals surface area contributed by atoms with Gasteiger partial charge in [-0.05, 0) is 19.0 Å². The van der Waals surface area contributed by atoms with Gasteiger partial charge in [-0.25, -0.2) is 0 Å². The molecule has 1 unspecified atom stereocenters. The lowest BCUT2D eigenvalue weighted by atomic mass is 10.1. The lowest BCUT2D eigenvalue weighted by molar-refractivity contribution is -0.158. The van der Waals surface area contributed by atoms with Crippen molar-refractivity contribution in [2.75, 3.05) is 20.1 Å². The maximum Gasteiger partial charge on any atom is 0.399 e. The van der Waals surface area contributed by atoms with Gasteiger partial charge in [0, 0.05) is 13.1 Å². The fourth-order valence-corrected chi connectivity index (χ4v) is 1.93. The van der Waals surface area contributed by atoms with E-state index in [1.807, 2.05) is 30.3 Å². The van der Waals surface area contributed by atoms with Crippen LogP contribution in [-0.4, -0.2) is 36.2 Å².